The first-order chi connectivity index (χ1) is 7.06. The number of nitrogens with one attached hydrogen (secondary N) is 1. The van der Waals surface area contributed by atoms with Gasteiger partial charge in [0.1, 0.15) is 10.3 Å². The molecule has 15 heavy (non-hydrogen) atoms. The van der Waals surface area contributed by atoms with Crippen LogP contribution in [0.3, 0.4) is 0 Å². The highest BCUT2D eigenvalue weighted by atomic mass is 79.9. The van der Waals surface area contributed by atoms with E-state index in [0.717, 1.165) is 6.54 Å². The van der Waals surface area contributed by atoms with E-state index in [2.05, 4.69) is 32.8 Å². The van der Waals surface area contributed by atoms with Gasteiger partial charge in [0.15, 0.2) is 0 Å². The Morgan fingerprint density at radius 1 is 1.73 bits per heavy atom. The molecule has 0 saturated carbocycles. The van der Waals surface area contributed by atoms with E-state index < -0.39 is 0 Å². The summed E-state index contributed by atoms with van der Waals surface area (Å²) in [6, 6.07) is 0. The largest absolute Gasteiger partial charge is 0.358 e. The molecule has 0 radical (unpaired) electrons. The van der Waals surface area contributed by atoms with Crippen LogP contribution < -0.4 is 16.2 Å². The van der Waals surface area contributed by atoms with E-state index in [1.54, 1.807) is 0 Å². The highest BCUT2D eigenvalue weighted by Crippen LogP contribution is 2.18. The summed E-state index contributed by atoms with van der Waals surface area (Å²) in [7, 11) is 1.89. The number of aromatic nitrogens is 2. The average molecular weight is 275 g/mol. The van der Waals surface area contributed by atoms with Crippen LogP contribution in [0.2, 0.25) is 0 Å². The topological polar surface area (TPSA) is 75.0 Å². The Balaban J connectivity index is 2.87. The van der Waals surface area contributed by atoms with Crippen molar-refractivity contribution in [1.29, 1.82) is 0 Å². The van der Waals surface area contributed by atoms with Gasteiger partial charge in [0.05, 0.1) is 6.33 Å². The molecule has 0 spiro atoms. The molecule has 1 aromatic heterocycles. The number of halogens is 1. The van der Waals surface area contributed by atoms with Crippen LogP contribution in [0.15, 0.2) is 15.6 Å². The van der Waals surface area contributed by atoms with Gasteiger partial charge in [-0.2, -0.15) is 0 Å². The van der Waals surface area contributed by atoms with Gasteiger partial charge in [-0.25, -0.2) is 4.98 Å². The van der Waals surface area contributed by atoms with Gasteiger partial charge in [-0.3, -0.25) is 4.79 Å². The van der Waals surface area contributed by atoms with E-state index in [9.17, 15) is 4.79 Å². The number of nitrogens with zero attached hydrogens (tertiary/aromatic N) is 2. The van der Waals surface area contributed by atoms with E-state index in [-0.39, 0.29) is 5.56 Å². The van der Waals surface area contributed by atoms with Crippen LogP contribution in [0, 0.1) is 5.92 Å². The standard InChI is InChI=1S/C9H15BrN4O/c1-6(3-11)4-14(2)8-7(10)9(15)13-5-12-8/h5-6H,3-4,11H2,1-2H3,(H,12,13,15). The second-order valence-electron chi connectivity index (χ2n) is 3.59. The van der Waals surface area contributed by atoms with Crippen molar-refractivity contribution in [2.45, 2.75) is 6.92 Å². The minimum Gasteiger partial charge on any atom is -0.358 e. The Morgan fingerprint density at radius 3 is 3.00 bits per heavy atom. The summed E-state index contributed by atoms with van der Waals surface area (Å²) < 4.78 is 0.455. The van der Waals surface area contributed by atoms with Gasteiger partial charge in [0.25, 0.3) is 5.56 Å². The van der Waals surface area contributed by atoms with Gasteiger partial charge in [-0.05, 0) is 28.4 Å². The minimum atomic E-state index is -0.174. The lowest BCUT2D eigenvalue weighted by atomic mass is 10.2. The smallest absolute Gasteiger partial charge is 0.267 e. The van der Waals surface area contributed by atoms with Crippen molar-refractivity contribution >= 4 is 21.7 Å². The predicted molar refractivity (Wildman–Crippen MR) is 64.0 cm³/mol. The lowest BCUT2D eigenvalue weighted by Crippen LogP contribution is -2.30. The molecule has 1 atom stereocenters. The maximum Gasteiger partial charge on any atom is 0.267 e. The fraction of sp³-hybridized carbons (Fsp3) is 0.556. The molecular weight excluding hydrogens is 260 g/mol. The maximum absolute atomic E-state index is 11.3. The van der Waals surface area contributed by atoms with Crippen LogP contribution in [0.25, 0.3) is 0 Å². The fourth-order valence-electron chi connectivity index (χ4n) is 1.27. The van der Waals surface area contributed by atoms with Gasteiger partial charge in [0.2, 0.25) is 0 Å². The molecular formula is C9H15BrN4O. The summed E-state index contributed by atoms with van der Waals surface area (Å²) in [6.45, 7) is 3.44. The molecule has 0 saturated heterocycles. The molecule has 0 bridgehead atoms. The third-order valence-corrected chi connectivity index (χ3v) is 2.84. The quantitative estimate of drug-likeness (QED) is 0.842. The fourth-order valence-corrected chi connectivity index (χ4v) is 1.79. The molecule has 1 unspecified atom stereocenters. The van der Waals surface area contributed by atoms with Crippen molar-refractivity contribution in [3.8, 4) is 0 Å². The van der Waals surface area contributed by atoms with Crippen molar-refractivity contribution in [1.82, 2.24) is 9.97 Å². The molecule has 1 rings (SSSR count). The van der Waals surface area contributed by atoms with Gasteiger partial charge < -0.3 is 15.6 Å². The molecule has 5 nitrogen and oxygen atoms in total. The van der Waals surface area contributed by atoms with Crippen molar-refractivity contribution in [2.75, 3.05) is 25.0 Å². The van der Waals surface area contributed by atoms with E-state index in [1.165, 1.54) is 6.33 Å². The number of hydrogen-bond donors (Lipinski definition) is 2. The number of anilines is 1. The summed E-state index contributed by atoms with van der Waals surface area (Å²) in [5.41, 5.74) is 5.37. The number of H-pyrrole nitrogens is 1. The van der Waals surface area contributed by atoms with Crippen LogP contribution in [-0.2, 0) is 0 Å². The van der Waals surface area contributed by atoms with Crippen molar-refractivity contribution in [2.24, 2.45) is 11.7 Å². The Labute approximate surface area is 96.8 Å². The van der Waals surface area contributed by atoms with Crippen molar-refractivity contribution in [3.05, 3.63) is 21.2 Å². The van der Waals surface area contributed by atoms with E-state index in [0.29, 0.717) is 22.8 Å². The van der Waals surface area contributed by atoms with Crippen LogP contribution >= 0.6 is 15.9 Å². The summed E-state index contributed by atoms with van der Waals surface area (Å²) in [4.78, 5) is 19.8. The van der Waals surface area contributed by atoms with Crippen LogP contribution in [0.4, 0.5) is 5.82 Å². The van der Waals surface area contributed by atoms with E-state index >= 15 is 0 Å². The first kappa shape index (κ1) is 12.2. The highest BCUT2D eigenvalue weighted by Gasteiger charge is 2.12. The highest BCUT2D eigenvalue weighted by molar-refractivity contribution is 9.10. The zero-order valence-corrected chi connectivity index (χ0v) is 10.4. The summed E-state index contributed by atoms with van der Waals surface area (Å²) >= 11 is 3.21. The summed E-state index contributed by atoms with van der Waals surface area (Å²) in [5, 5.41) is 0. The molecule has 3 N–H and O–H groups in total. The summed E-state index contributed by atoms with van der Waals surface area (Å²) in [6.07, 6.45) is 1.39. The zero-order valence-electron chi connectivity index (χ0n) is 8.83. The molecule has 1 heterocycles. The Bertz CT molecular complexity index is 379. The predicted octanol–water partition coefficient (Wildman–Crippen LogP) is 0.563. The van der Waals surface area contributed by atoms with Gasteiger partial charge in [-0.15, -0.1) is 0 Å². The molecule has 0 amide bonds. The first-order valence-corrected chi connectivity index (χ1v) is 5.50. The Morgan fingerprint density at radius 2 is 2.40 bits per heavy atom. The van der Waals surface area contributed by atoms with Crippen molar-refractivity contribution in [3.63, 3.8) is 0 Å². The molecule has 1 aromatic rings. The number of hydrogen-bond acceptors (Lipinski definition) is 4. The second kappa shape index (κ2) is 5.27. The molecule has 0 aliphatic carbocycles. The normalized spacial score (nSPS) is 12.5. The Kier molecular flexibility index (Phi) is 4.28. The van der Waals surface area contributed by atoms with Gasteiger partial charge >= 0.3 is 0 Å². The van der Waals surface area contributed by atoms with Gasteiger partial charge in [0, 0.05) is 13.6 Å². The molecule has 6 heteroatoms. The lowest BCUT2D eigenvalue weighted by Gasteiger charge is -2.21. The molecule has 0 aliphatic rings. The Hall–Kier alpha value is -0.880. The van der Waals surface area contributed by atoms with Crippen molar-refractivity contribution < 1.29 is 0 Å². The molecule has 84 valence electrons. The molecule has 0 aliphatic heterocycles. The lowest BCUT2D eigenvalue weighted by molar-refractivity contribution is 0.586. The number of nitrogens with two attached hydrogens (primary N) is 1. The van der Waals surface area contributed by atoms with Crippen LogP contribution in [0.1, 0.15) is 6.92 Å². The van der Waals surface area contributed by atoms with E-state index in [1.807, 2.05) is 11.9 Å². The SMILES string of the molecule is CC(CN)CN(C)c1nc[nH]c(=O)c1Br. The third-order valence-electron chi connectivity index (χ3n) is 2.13. The van der Waals surface area contributed by atoms with Crippen LogP contribution in [0.5, 0.6) is 0 Å². The third kappa shape index (κ3) is 3.04. The molecule has 0 fully saturated rings. The maximum atomic E-state index is 11.3. The first-order valence-electron chi connectivity index (χ1n) is 4.70. The molecule has 0 aromatic carbocycles. The minimum absolute atomic E-state index is 0.174. The monoisotopic (exact) mass is 274 g/mol. The number of aromatic amines is 1. The number of rotatable bonds is 4. The summed E-state index contributed by atoms with van der Waals surface area (Å²) in [5.74, 6) is 1.00. The average Bonchev–Trinajstić information content (AvgIpc) is 2.21. The van der Waals surface area contributed by atoms with E-state index in [4.69, 9.17) is 5.73 Å². The van der Waals surface area contributed by atoms with Gasteiger partial charge in [-0.1, -0.05) is 6.92 Å². The second-order valence-corrected chi connectivity index (χ2v) is 4.38. The van der Waals surface area contributed by atoms with Crippen LogP contribution in [-0.4, -0.2) is 30.1 Å². The zero-order chi connectivity index (χ0) is 11.4.